The van der Waals surface area contributed by atoms with Crippen LogP contribution >= 0.6 is 0 Å². The van der Waals surface area contributed by atoms with E-state index in [2.05, 4.69) is 4.99 Å². The van der Waals surface area contributed by atoms with E-state index < -0.39 is 11.7 Å². The Kier molecular flexibility index (Phi) is 3.25. The van der Waals surface area contributed by atoms with Crippen LogP contribution in [-0.2, 0) is 17.5 Å². The molecule has 0 saturated carbocycles. The minimum absolute atomic E-state index is 0.00456. The molecule has 7 heteroatoms. The van der Waals surface area contributed by atoms with Gasteiger partial charge >= 0.3 is 6.18 Å². The second-order valence-electron chi connectivity index (χ2n) is 3.53. The average Bonchev–Trinajstić information content (AvgIpc) is 2.34. The van der Waals surface area contributed by atoms with E-state index in [1.165, 1.54) is 12.1 Å². The van der Waals surface area contributed by atoms with Gasteiger partial charge in [-0.1, -0.05) is 6.07 Å². The van der Waals surface area contributed by atoms with E-state index in [1.807, 2.05) is 0 Å². The molecule has 1 heterocycles. The van der Waals surface area contributed by atoms with Gasteiger partial charge in [-0.15, -0.1) is 0 Å². The largest absolute Gasteiger partial charge is 0.486 e. The number of nitrogens with zero attached hydrogens (tertiary/aromatic N) is 1. The minimum atomic E-state index is -4.52. The van der Waals surface area contributed by atoms with Crippen molar-refractivity contribution < 1.29 is 27.4 Å². The minimum Gasteiger partial charge on any atom is -0.486 e. The van der Waals surface area contributed by atoms with E-state index in [1.54, 1.807) is 0 Å². The van der Waals surface area contributed by atoms with E-state index in [0.717, 1.165) is 6.07 Å². The summed E-state index contributed by atoms with van der Waals surface area (Å²) < 4.78 is 48.4. The average molecular weight is 259 g/mol. The second-order valence-corrected chi connectivity index (χ2v) is 3.53. The fourth-order valence-corrected chi connectivity index (χ4v) is 1.66. The van der Waals surface area contributed by atoms with Crippen molar-refractivity contribution in [1.29, 1.82) is 0 Å². The Balaban J connectivity index is 2.52. The van der Waals surface area contributed by atoms with Gasteiger partial charge < -0.3 is 9.47 Å². The van der Waals surface area contributed by atoms with Crippen LogP contribution in [0.15, 0.2) is 17.1 Å². The maximum absolute atomic E-state index is 12.7. The molecule has 0 aliphatic carbocycles. The van der Waals surface area contributed by atoms with Gasteiger partial charge in [0.05, 0.1) is 6.54 Å². The molecule has 0 unspecified atom stereocenters. The molecule has 0 amide bonds. The number of halogens is 3. The van der Waals surface area contributed by atoms with Crippen molar-refractivity contribution in [2.75, 3.05) is 13.2 Å². The molecule has 0 N–H and O–H groups in total. The van der Waals surface area contributed by atoms with Gasteiger partial charge in [-0.05, 0) is 6.07 Å². The highest BCUT2D eigenvalue weighted by Crippen LogP contribution is 2.44. The number of ether oxygens (including phenoxy) is 2. The topological polar surface area (TPSA) is 47.9 Å². The third-order valence-electron chi connectivity index (χ3n) is 2.39. The lowest BCUT2D eigenvalue weighted by Crippen LogP contribution is -2.20. The van der Waals surface area contributed by atoms with E-state index >= 15 is 0 Å². The molecular weight excluding hydrogens is 251 g/mol. The molecule has 0 fully saturated rings. The lowest BCUT2D eigenvalue weighted by molar-refractivity contribution is -0.139. The first-order chi connectivity index (χ1) is 8.54. The molecule has 18 heavy (non-hydrogen) atoms. The third kappa shape index (κ3) is 2.31. The van der Waals surface area contributed by atoms with Crippen LogP contribution in [-0.4, -0.2) is 19.3 Å². The molecule has 96 valence electrons. The van der Waals surface area contributed by atoms with Crippen molar-refractivity contribution in [3.63, 3.8) is 0 Å². The van der Waals surface area contributed by atoms with Crippen LogP contribution in [0.4, 0.5) is 13.2 Å². The van der Waals surface area contributed by atoms with Crippen molar-refractivity contribution in [2.24, 2.45) is 4.99 Å². The SMILES string of the molecule is O=C=NCc1ccc(C(F)(F)F)c2c1OCCO2. The maximum Gasteiger partial charge on any atom is 0.420 e. The smallest absolute Gasteiger partial charge is 0.420 e. The van der Waals surface area contributed by atoms with Crippen LogP contribution in [0.25, 0.3) is 0 Å². The highest BCUT2D eigenvalue weighted by molar-refractivity contribution is 5.54. The van der Waals surface area contributed by atoms with Gasteiger partial charge in [-0.3, -0.25) is 0 Å². The van der Waals surface area contributed by atoms with Crippen LogP contribution in [0.3, 0.4) is 0 Å². The van der Waals surface area contributed by atoms with Crippen LogP contribution in [0.1, 0.15) is 11.1 Å². The first-order valence-electron chi connectivity index (χ1n) is 5.06. The molecule has 1 aromatic carbocycles. The summed E-state index contributed by atoms with van der Waals surface area (Å²) in [6.45, 7) is 0.121. The monoisotopic (exact) mass is 259 g/mol. The highest BCUT2D eigenvalue weighted by Gasteiger charge is 2.37. The van der Waals surface area contributed by atoms with Crippen molar-refractivity contribution in [1.82, 2.24) is 0 Å². The molecule has 4 nitrogen and oxygen atoms in total. The molecule has 0 saturated heterocycles. The number of benzene rings is 1. The summed E-state index contributed by atoms with van der Waals surface area (Å²) >= 11 is 0. The summed E-state index contributed by atoms with van der Waals surface area (Å²) in [6, 6.07) is 2.11. The Morgan fingerprint density at radius 2 is 1.89 bits per heavy atom. The molecule has 0 radical (unpaired) electrons. The van der Waals surface area contributed by atoms with E-state index in [-0.39, 0.29) is 31.3 Å². The summed E-state index contributed by atoms with van der Waals surface area (Å²) in [5, 5.41) is 0. The lowest BCUT2D eigenvalue weighted by atomic mass is 10.1. The Bertz CT molecular complexity index is 507. The van der Waals surface area contributed by atoms with Gasteiger partial charge in [0.15, 0.2) is 11.5 Å². The fourth-order valence-electron chi connectivity index (χ4n) is 1.66. The number of alkyl halides is 3. The Morgan fingerprint density at radius 3 is 2.50 bits per heavy atom. The fraction of sp³-hybridized carbons (Fsp3) is 0.364. The third-order valence-corrected chi connectivity index (χ3v) is 2.39. The van der Waals surface area contributed by atoms with Gasteiger partial charge in [0.25, 0.3) is 0 Å². The number of isocyanates is 1. The van der Waals surface area contributed by atoms with Gasteiger partial charge in [0.1, 0.15) is 18.8 Å². The molecule has 0 spiro atoms. The summed E-state index contributed by atoms with van der Waals surface area (Å²) in [5.41, 5.74) is -0.530. The molecule has 0 atom stereocenters. The summed E-state index contributed by atoms with van der Waals surface area (Å²) in [4.78, 5) is 13.3. The number of hydrogen-bond acceptors (Lipinski definition) is 4. The van der Waals surface area contributed by atoms with Crippen molar-refractivity contribution >= 4 is 6.08 Å². The van der Waals surface area contributed by atoms with Gasteiger partial charge in [0, 0.05) is 5.56 Å². The summed E-state index contributed by atoms with van der Waals surface area (Å²) in [5.74, 6) is -0.345. The van der Waals surface area contributed by atoms with Crippen LogP contribution in [0, 0.1) is 0 Å². The van der Waals surface area contributed by atoms with Gasteiger partial charge in [0.2, 0.25) is 6.08 Å². The quantitative estimate of drug-likeness (QED) is 0.605. The van der Waals surface area contributed by atoms with E-state index in [0.29, 0.717) is 5.56 Å². The molecular formula is C11H8F3NO3. The Morgan fingerprint density at radius 1 is 1.22 bits per heavy atom. The number of aliphatic imine (C=N–C) groups is 1. The van der Waals surface area contributed by atoms with Crippen molar-refractivity contribution in [3.8, 4) is 11.5 Å². The number of rotatable bonds is 2. The van der Waals surface area contributed by atoms with E-state index in [4.69, 9.17) is 9.47 Å². The zero-order chi connectivity index (χ0) is 13.2. The van der Waals surface area contributed by atoms with Crippen LogP contribution in [0.5, 0.6) is 11.5 Å². The zero-order valence-corrected chi connectivity index (χ0v) is 9.08. The Labute approximate surface area is 100 Å². The molecule has 0 bridgehead atoms. The van der Waals surface area contributed by atoms with Crippen LogP contribution < -0.4 is 9.47 Å². The normalized spacial score (nSPS) is 13.9. The second kappa shape index (κ2) is 4.70. The zero-order valence-electron chi connectivity index (χ0n) is 9.08. The predicted octanol–water partition coefficient (Wildman–Crippen LogP) is 2.31. The van der Waals surface area contributed by atoms with Gasteiger partial charge in [-0.25, -0.2) is 9.79 Å². The lowest BCUT2D eigenvalue weighted by Gasteiger charge is -2.23. The summed E-state index contributed by atoms with van der Waals surface area (Å²) in [7, 11) is 0. The molecule has 1 aromatic rings. The van der Waals surface area contributed by atoms with E-state index in [9.17, 15) is 18.0 Å². The first-order valence-corrected chi connectivity index (χ1v) is 5.06. The first kappa shape index (κ1) is 12.4. The predicted molar refractivity (Wildman–Crippen MR) is 54.3 cm³/mol. The standard InChI is InChI=1S/C11H8F3NO3/c12-11(13,14)8-2-1-7(5-15-6-16)9-10(8)18-4-3-17-9/h1-2H,3-5H2. The molecule has 0 aromatic heterocycles. The number of carbonyl (C=O) groups excluding carboxylic acids is 1. The van der Waals surface area contributed by atoms with Crippen molar-refractivity contribution in [3.05, 3.63) is 23.3 Å². The maximum atomic E-state index is 12.7. The summed E-state index contributed by atoms with van der Waals surface area (Å²) in [6.07, 6.45) is -3.19. The molecule has 2 rings (SSSR count). The van der Waals surface area contributed by atoms with Crippen LogP contribution in [0.2, 0.25) is 0 Å². The molecule has 1 aliphatic heterocycles. The molecule has 1 aliphatic rings. The highest BCUT2D eigenvalue weighted by atomic mass is 19.4. The van der Waals surface area contributed by atoms with Gasteiger partial charge in [-0.2, -0.15) is 13.2 Å². The number of hydrogen-bond donors (Lipinski definition) is 0. The van der Waals surface area contributed by atoms with Crippen molar-refractivity contribution in [2.45, 2.75) is 12.7 Å². The Hall–Kier alpha value is -2.01. The number of fused-ring (bicyclic) bond motifs is 1.